The van der Waals surface area contributed by atoms with E-state index in [9.17, 15) is 14.7 Å². The highest BCUT2D eigenvalue weighted by Crippen LogP contribution is 2.24. The molecule has 0 radical (unpaired) electrons. The highest BCUT2D eigenvalue weighted by Gasteiger charge is 2.15. The van der Waals surface area contributed by atoms with Gasteiger partial charge in [0.15, 0.2) is 6.61 Å². The average Bonchev–Trinajstić information content (AvgIpc) is 2.54. The molecule has 0 saturated heterocycles. The van der Waals surface area contributed by atoms with Gasteiger partial charge in [0.2, 0.25) is 0 Å². The maximum atomic E-state index is 11.9. The van der Waals surface area contributed by atoms with Gasteiger partial charge >= 0.3 is 5.97 Å². The first-order valence-corrected chi connectivity index (χ1v) is 6.97. The van der Waals surface area contributed by atoms with Gasteiger partial charge in [-0.1, -0.05) is 23.7 Å². The van der Waals surface area contributed by atoms with Gasteiger partial charge in [-0.2, -0.15) is 0 Å². The van der Waals surface area contributed by atoms with Crippen molar-refractivity contribution >= 4 is 29.2 Å². The maximum absolute atomic E-state index is 11.9. The number of hydrogen-bond donors (Lipinski definition) is 2. The molecular weight excluding hydrogens is 322 g/mol. The molecule has 0 aliphatic heterocycles. The van der Waals surface area contributed by atoms with Crippen LogP contribution in [0.2, 0.25) is 5.02 Å². The number of amides is 1. The normalized spacial score (nSPS) is 10.0. The number of phenols is 1. The molecule has 6 nitrogen and oxygen atoms in total. The fraction of sp³-hybridized carbons (Fsp3) is 0.125. The van der Waals surface area contributed by atoms with E-state index >= 15 is 0 Å². The van der Waals surface area contributed by atoms with Crippen LogP contribution < -0.4 is 10.1 Å². The number of aromatic hydroxyl groups is 1. The lowest BCUT2D eigenvalue weighted by Gasteiger charge is -2.09. The number of anilines is 1. The molecule has 1 amide bonds. The van der Waals surface area contributed by atoms with Gasteiger partial charge < -0.3 is 19.9 Å². The van der Waals surface area contributed by atoms with Gasteiger partial charge in [-0.25, -0.2) is 4.79 Å². The minimum atomic E-state index is -0.820. The van der Waals surface area contributed by atoms with Crippen LogP contribution in [0.25, 0.3) is 0 Å². The van der Waals surface area contributed by atoms with Crippen LogP contribution in [0.4, 0.5) is 5.69 Å². The first-order chi connectivity index (χ1) is 11.0. The van der Waals surface area contributed by atoms with Crippen molar-refractivity contribution in [3.05, 3.63) is 53.1 Å². The number of hydrogen-bond acceptors (Lipinski definition) is 5. The molecule has 2 N–H and O–H groups in total. The number of methoxy groups -OCH3 is 1. The SMILES string of the molecule is COc1ccc(C(=O)OCC(=O)Nc2ccccc2Cl)c(O)c1. The minimum absolute atomic E-state index is 0.0589. The van der Waals surface area contributed by atoms with Crippen LogP contribution in [0, 0.1) is 0 Å². The van der Waals surface area contributed by atoms with Crippen molar-refractivity contribution in [1.29, 1.82) is 0 Å². The van der Waals surface area contributed by atoms with Crippen molar-refractivity contribution in [3.8, 4) is 11.5 Å². The van der Waals surface area contributed by atoms with Gasteiger partial charge in [0, 0.05) is 6.07 Å². The van der Waals surface area contributed by atoms with Crippen LogP contribution in [0.5, 0.6) is 11.5 Å². The average molecular weight is 336 g/mol. The van der Waals surface area contributed by atoms with Gasteiger partial charge in [0.05, 0.1) is 17.8 Å². The van der Waals surface area contributed by atoms with Gasteiger partial charge in [-0.3, -0.25) is 4.79 Å². The fourth-order valence-electron chi connectivity index (χ4n) is 1.77. The summed E-state index contributed by atoms with van der Waals surface area (Å²) in [7, 11) is 1.44. The Morgan fingerprint density at radius 3 is 2.61 bits per heavy atom. The van der Waals surface area contributed by atoms with Gasteiger partial charge in [-0.15, -0.1) is 0 Å². The van der Waals surface area contributed by atoms with Crippen molar-refractivity contribution in [2.24, 2.45) is 0 Å². The molecule has 23 heavy (non-hydrogen) atoms. The number of rotatable bonds is 5. The second-order valence-corrected chi connectivity index (χ2v) is 4.89. The summed E-state index contributed by atoms with van der Waals surface area (Å²) >= 11 is 5.91. The van der Waals surface area contributed by atoms with Crippen LogP contribution in [-0.4, -0.2) is 30.7 Å². The fourth-order valence-corrected chi connectivity index (χ4v) is 1.95. The smallest absolute Gasteiger partial charge is 0.342 e. The Hall–Kier alpha value is -2.73. The Kier molecular flexibility index (Phi) is 5.43. The van der Waals surface area contributed by atoms with Crippen LogP contribution >= 0.6 is 11.6 Å². The third-order valence-corrected chi connectivity index (χ3v) is 3.24. The number of ether oxygens (including phenoxy) is 2. The molecule has 2 aromatic carbocycles. The van der Waals surface area contributed by atoms with Crippen LogP contribution in [0.1, 0.15) is 10.4 Å². The summed E-state index contributed by atoms with van der Waals surface area (Å²) in [4.78, 5) is 23.6. The van der Waals surface area contributed by atoms with Crippen molar-refractivity contribution in [2.45, 2.75) is 0 Å². The van der Waals surface area contributed by atoms with Gasteiger partial charge in [0.1, 0.15) is 17.1 Å². The Labute approximate surface area is 137 Å². The first-order valence-electron chi connectivity index (χ1n) is 6.59. The molecule has 2 rings (SSSR count). The lowest BCUT2D eigenvalue weighted by molar-refractivity contribution is -0.119. The van der Waals surface area contributed by atoms with E-state index < -0.39 is 18.5 Å². The van der Waals surface area contributed by atoms with Crippen LogP contribution in [-0.2, 0) is 9.53 Å². The molecule has 0 saturated carbocycles. The van der Waals surface area contributed by atoms with E-state index in [1.807, 2.05) is 0 Å². The Morgan fingerprint density at radius 1 is 1.22 bits per heavy atom. The third-order valence-electron chi connectivity index (χ3n) is 2.91. The molecule has 0 bridgehead atoms. The number of halogens is 1. The summed E-state index contributed by atoms with van der Waals surface area (Å²) in [6.45, 7) is -0.504. The van der Waals surface area contributed by atoms with Crippen molar-refractivity contribution in [2.75, 3.05) is 19.0 Å². The zero-order valence-electron chi connectivity index (χ0n) is 12.2. The lowest BCUT2D eigenvalue weighted by atomic mass is 10.2. The molecule has 0 aromatic heterocycles. The number of phenolic OH excluding ortho intramolecular Hbond substituents is 1. The molecule has 2 aromatic rings. The van der Waals surface area contributed by atoms with E-state index in [4.69, 9.17) is 21.1 Å². The largest absolute Gasteiger partial charge is 0.507 e. The van der Waals surface area contributed by atoms with Crippen molar-refractivity contribution in [3.63, 3.8) is 0 Å². The highest BCUT2D eigenvalue weighted by atomic mass is 35.5. The lowest BCUT2D eigenvalue weighted by Crippen LogP contribution is -2.21. The zero-order chi connectivity index (χ0) is 16.8. The second-order valence-electron chi connectivity index (χ2n) is 4.49. The van der Waals surface area contributed by atoms with Gasteiger partial charge in [-0.05, 0) is 24.3 Å². The van der Waals surface area contributed by atoms with Crippen LogP contribution in [0.3, 0.4) is 0 Å². The summed E-state index contributed by atoms with van der Waals surface area (Å²) in [5.41, 5.74) is 0.360. The van der Waals surface area contributed by atoms with E-state index in [1.54, 1.807) is 24.3 Å². The standard InChI is InChI=1S/C16H14ClNO5/c1-22-10-6-7-11(14(19)8-10)16(21)23-9-15(20)18-13-5-3-2-4-12(13)17/h2-8,19H,9H2,1H3,(H,18,20). The molecule has 0 atom stereocenters. The number of esters is 1. The van der Waals surface area contributed by atoms with E-state index in [-0.39, 0.29) is 11.3 Å². The second kappa shape index (κ2) is 7.51. The summed E-state index contributed by atoms with van der Waals surface area (Å²) in [5.74, 6) is -1.25. The summed E-state index contributed by atoms with van der Waals surface area (Å²) in [5, 5.41) is 12.6. The maximum Gasteiger partial charge on any atom is 0.342 e. The predicted molar refractivity (Wildman–Crippen MR) is 85.0 cm³/mol. The molecule has 0 spiro atoms. The number of carbonyl (C=O) groups is 2. The number of benzene rings is 2. The monoisotopic (exact) mass is 335 g/mol. The quantitative estimate of drug-likeness (QED) is 0.821. The Balaban J connectivity index is 1.94. The Bertz CT molecular complexity index is 732. The molecule has 0 fully saturated rings. The number of nitrogens with one attached hydrogen (secondary N) is 1. The molecule has 7 heteroatoms. The van der Waals surface area contributed by atoms with E-state index in [2.05, 4.69) is 5.32 Å². The molecule has 0 heterocycles. The van der Waals surface area contributed by atoms with Crippen LogP contribution in [0.15, 0.2) is 42.5 Å². The van der Waals surface area contributed by atoms with Crippen molar-refractivity contribution < 1.29 is 24.2 Å². The number of para-hydroxylation sites is 1. The first kappa shape index (κ1) is 16.6. The summed E-state index contributed by atoms with van der Waals surface area (Å²) < 4.78 is 9.78. The van der Waals surface area contributed by atoms with Crippen molar-refractivity contribution in [1.82, 2.24) is 0 Å². The minimum Gasteiger partial charge on any atom is -0.507 e. The van der Waals surface area contributed by atoms with E-state index in [0.29, 0.717) is 16.5 Å². The molecule has 0 aliphatic rings. The Morgan fingerprint density at radius 2 is 1.96 bits per heavy atom. The molecule has 0 aliphatic carbocycles. The van der Waals surface area contributed by atoms with Gasteiger partial charge in [0.25, 0.3) is 5.91 Å². The zero-order valence-corrected chi connectivity index (χ0v) is 13.0. The van der Waals surface area contributed by atoms with E-state index in [0.717, 1.165) is 0 Å². The topological polar surface area (TPSA) is 84.9 Å². The molecular formula is C16H14ClNO5. The summed E-state index contributed by atoms with van der Waals surface area (Å²) in [6, 6.07) is 10.8. The predicted octanol–water partition coefficient (Wildman–Crippen LogP) is 2.85. The third kappa shape index (κ3) is 4.37. The molecule has 120 valence electrons. The number of carbonyl (C=O) groups excluding carboxylic acids is 2. The molecule has 0 unspecified atom stereocenters. The highest BCUT2D eigenvalue weighted by molar-refractivity contribution is 6.33. The summed E-state index contributed by atoms with van der Waals surface area (Å²) in [6.07, 6.45) is 0. The van der Waals surface area contributed by atoms with E-state index in [1.165, 1.54) is 25.3 Å².